The minimum atomic E-state index is -0.422. The quantitative estimate of drug-likeness (QED) is 0.773. The summed E-state index contributed by atoms with van der Waals surface area (Å²) in [5, 5.41) is 5.70. The number of hydrogen-bond acceptors (Lipinski definition) is 3. The zero-order valence-electron chi connectivity index (χ0n) is 12.7. The maximum absolute atomic E-state index is 12.4. The van der Waals surface area contributed by atoms with E-state index in [0.717, 1.165) is 24.8 Å². The molecule has 114 valence electrons. The molecule has 21 heavy (non-hydrogen) atoms. The summed E-state index contributed by atoms with van der Waals surface area (Å²) in [4.78, 5) is 24.3. The van der Waals surface area contributed by atoms with Gasteiger partial charge in [0.2, 0.25) is 5.91 Å². The van der Waals surface area contributed by atoms with Crippen molar-refractivity contribution in [2.45, 2.75) is 33.1 Å². The molecule has 2 rings (SSSR count). The number of nitrogens with one attached hydrogen (secondary N) is 2. The SMILES string of the molecule is CCNC(=O)c1ccc(C)c(NC(=O)C2(CN)CCC2)c1. The molecule has 0 unspecified atom stereocenters. The molecule has 1 fully saturated rings. The van der Waals surface area contributed by atoms with Crippen molar-refractivity contribution in [3.63, 3.8) is 0 Å². The lowest BCUT2D eigenvalue weighted by Crippen LogP contribution is -2.47. The molecule has 0 spiro atoms. The molecule has 0 radical (unpaired) electrons. The van der Waals surface area contributed by atoms with Gasteiger partial charge in [-0.1, -0.05) is 12.5 Å². The van der Waals surface area contributed by atoms with Crippen molar-refractivity contribution in [2.24, 2.45) is 11.1 Å². The predicted octanol–water partition coefficient (Wildman–Crippen LogP) is 1.81. The highest BCUT2D eigenvalue weighted by molar-refractivity contribution is 5.99. The highest BCUT2D eigenvalue weighted by Gasteiger charge is 2.42. The van der Waals surface area contributed by atoms with Crippen LogP contribution in [0.25, 0.3) is 0 Å². The molecule has 4 N–H and O–H groups in total. The van der Waals surface area contributed by atoms with E-state index < -0.39 is 5.41 Å². The fraction of sp³-hybridized carbons (Fsp3) is 0.500. The number of aryl methyl sites for hydroxylation is 1. The normalized spacial score (nSPS) is 16.0. The van der Waals surface area contributed by atoms with Crippen molar-refractivity contribution in [3.8, 4) is 0 Å². The first-order valence-corrected chi connectivity index (χ1v) is 7.43. The number of nitrogens with two attached hydrogens (primary N) is 1. The molecule has 0 bridgehead atoms. The molecule has 5 heteroatoms. The van der Waals surface area contributed by atoms with Crippen molar-refractivity contribution in [2.75, 3.05) is 18.4 Å². The third-order valence-electron chi connectivity index (χ3n) is 4.27. The highest BCUT2D eigenvalue weighted by atomic mass is 16.2. The van der Waals surface area contributed by atoms with Crippen LogP contribution in [0.2, 0.25) is 0 Å². The molecule has 1 aromatic carbocycles. The van der Waals surface area contributed by atoms with Gasteiger partial charge >= 0.3 is 0 Å². The van der Waals surface area contributed by atoms with E-state index in [-0.39, 0.29) is 11.8 Å². The Bertz CT molecular complexity index is 545. The van der Waals surface area contributed by atoms with Crippen LogP contribution in [0.4, 0.5) is 5.69 Å². The molecule has 2 amide bonds. The third-order valence-corrected chi connectivity index (χ3v) is 4.27. The van der Waals surface area contributed by atoms with Crippen LogP contribution in [0.15, 0.2) is 18.2 Å². The van der Waals surface area contributed by atoms with E-state index in [9.17, 15) is 9.59 Å². The largest absolute Gasteiger partial charge is 0.352 e. The summed E-state index contributed by atoms with van der Waals surface area (Å²) in [7, 11) is 0. The van der Waals surface area contributed by atoms with Crippen molar-refractivity contribution >= 4 is 17.5 Å². The minimum Gasteiger partial charge on any atom is -0.352 e. The van der Waals surface area contributed by atoms with Gasteiger partial charge < -0.3 is 16.4 Å². The smallest absolute Gasteiger partial charge is 0.251 e. The lowest BCUT2D eigenvalue weighted by Gasteiger charge is -2.39. The Labute approximate surface area is 125 Å². The van der Waals surface area contributed by atoms with E-state index in [1.54, 1.807) is 12.1 Å². The fourth-order valence-corrected chi connectivity index (χ4v) is 2.54. The van der Waals surface area contributed by atoms with Gasteiger partial charge in [0.25, 0.3) is 5.91 Å². The fourth-order valence-electron chi connectivity index (χ4n) is 2.54. The summed E-state index contributed by atoms with van der Waals surface area (Å²) in [6, 6.07) is 5.33. The summed E-state index contributed by atoms with van der Waals surface area (Å²) >= 11 is 0. The number of benzene rings is 1. The van der Waals surface area contributed by atoms with E-state index >= 15 is 0 Å². The van der Waals surface area contributed by atoms with E-state index in [0.29, 0.717) is 24.3 Å². The van der Waals surface area contributed by atoms with Gasteiger partial charge in [-0.2, -0.15) is 0 Å². The average Bonchev–Trinajstić information content (AvgIpc) is 2.41. The highest BCUT2D eigenvalue weighted by Crippen LogP contribution is 2.41. The van der Waals surface area contributed by atoms with Gasteiger partial charge in [-0.25, -0.2) is 0 Å². The summed E-state index contributed by atoms with van der Waals surface area (Å²) in [5.41, 5.74) is 7.50. The van der Waals surface area contributed by atoms with E-state index in [2.05, 4.69) is 10.6 Å². The standard InChI is InChI=1S/C16H23N3O2/c1-3-18-14(20)12-6-5-11(2)13(9-12)19-15(21)16(10-17)7-4-8-16/h5-6,9H,3-4,7-8,10,17H2,1-2H3,(H,18,20)(H,19,21). The lowest BCUT2D eigenvalue weighted by atomic mass is 9.68. The van der Waals surface area contributed by atoms with E-state index in [1.165, 1.54) is 0 Å². The Kier molecular flexibility index (Phi) is 4.63. The molecule has 0 atom stereocenters. The second kappa shape index (κ2) is 6.26. The van der Waals surface area contributed by atoms with Gasteiger partial charge in [-0.15, -0.1) is 0 Å². The molecule has 5 nitrogen and oxygen atoms in total. The van der Waals surface area contributed by atoms with Crippen LogP contribution in [-0.2, 0) is 4.79 Å². The lowest BCUT2D eigenvalue weighted by molar-refractivity contribution is -0.129. The number of anilines is 1. The Balaban J connectivity index is 2.17. The summed E-state index contributed by atoms with van der Waals surface area (Å²) in [5.74, 6) is -0.169. The monoisotopic (exact) mass is 289 g/mol. The van der Waals surface area contributed by atoms with Gasteiger partial charge in [0, 0.05) is 24.3 Å². The van der Waals surface area contributed by atoms with Crippen molar-refractivity contribution < 1.29 is 9.59 Å². The molecule has 1 aromatic rings. The first-order chi connectivity index (χ1) is 10.0. The summed E-state index contributed by atoms with van der Waals surface area (Å²) in [6.07, 6.45) is 2.72. The molecule has 1 aliphatic rings. The Morgan fingerprint density at radius 3 is 2.57 bits per heavy atom. The number of carbonyl (C=O) groups excluding carboxylic acids is 2. The Morgan fingerprint density at radius 2 is 2.05 bits per heavy atom. The van der Waals surface area contributed by atoms with Crippen molar-refractivity contribution in [3.05, 3.63) is 29.3 Å². The molecular weight excluding hydrogens is 266 g/mol. The molecule has 0 heterocycles. The van der Waals surface area contributed by atoms with Gasteiger partial charge in [0.1, 0.15) is 0 Å². The van der Waals surface area contributed by atoms with E-state index in [4.69, 9.17) is 5.73 Å². The zero-order valence-corrected chi connectivity index (χ0v) is 12.7. The molecule has 0 aliphatic heterocycles. The second-order valence-corrected chi connectivity index (χ2v) is 5.68. The van der Waals surface area contributed by atoms with Gasteiger partial charge in [0.15, 0.2) is 0 Å². The maximum atomic E-state index is 12.4. The molecular formula is C16H23N3O2. The zero-order chi connectivity index (χ0) is 15.5. The second-order valence-electron chi connectivity index (χ2n) is 5.68. The van der Waals surface area contributed by atoms with Crippen LogP contribution in [0.1, 0.15) is 42.1 Å². The molecule has 1 saturated carbocycles. The summed E-state index contributed by atoms with van der Waals surface area (Å²) in [6.45, 7) is 4.72. The van der Waals surface area contributed by atoms with Gasteiger partial charge in [0.05, 0.1) is 5.41 Å². The van der Waals surface area contributed by atoms with Crippen molar-refractivity contribution in [1.29, 1.82) is 0 Å². The molecule has 1 aliphatic carbocycles. The Morgan fingerprint density at radius 1 is 1.33 bits per heavy atom. The first-order valence-electron chi connectivity index (χ1n) is 7.43. The average molecular weight is 289 g/mol. The third kappa shape index (κ3) is 3.08. The number of carbonyl (C=O) groups is 2. The molecule has 0 saturated heterocycles. The van der Waals surface area contributed by atoms with Crippen LogP contribution in [0.3, 0.4) is 0 Å². The van der Waals surface area contributed by atoms with Crippen LogP contribution < -0.4 is 16.4 Å². The Hall–Kier alpha value is -1.88. The minimum absolute atomic E-state index is 0.0348. The van der Waals surface area contributed by atoms with Gasteiger partial charge in [-0.05, 0) is 44.4 Å². The van der Waals surface area contributed by atoms with Gasteiger partial charge in [-0.3, -0.25) is 9.59 Å². The number of hydrogen-bond donors (Lipinski definition) is 3. The number of amides is 2. The van der Waals surface area contributed by atoms with Crippen LogP contribution in [-0.4, -0.2) is 24.9 Å². The van der Waals surface area contributed by atoms with E-state index in [1.807, 2.05) is 19.9 Å². The van der Waals surface area contributed by atoms with Crippen LogP contribution in [0, 0.1) is 12.3 Å². The summed E-state index contributed by atoms with van der Waals surface area (Å²) < 4.78 is 0. The maximum Gasteiger partial charge on any atom is 0.251 e. The molecule has 0 aromatic heterocycles. The van der Waals surface area contributed by atoms with Crippen LogP contribution >= 0.6 is 0 Å². The topological polar surface area (TPSA) is 84.2 Å². The number of rotatable bonds is 5. The predicted molar refractivity (Wildman–Crippen MR) is 83.2 cm³/mol. The first kappa shape index (κ1) is 15.5. The van der Waals surface area contributed by atoms with Crippen molar-refractivity contribution in [1.82, 2.24) is 5.32 Å². The van der Waals surface area contributed by atoms with Crippen LogP contribution in [0.5, 0.6) is 0 Å².